The second-order valence-corrected chi connectivity index (χ2v) is 4.48. The lowest BCUT2D eigenvalue weighted by Crippen LogP contribution is -2.71. The first-order valence-corrected chi connectivity index (χ1v) is 5.75. The quantitative estimate of drug-likeness (QED) is 0.542. The predicted octanol–water partition coefficient (Wildman–Crippen LogP) is -1.46. The van der Waals surface area contributed by atoms with E-state index < -0.39 is 36.1 Å². The minimum Gasteiger partial charge on any atom is -0.393 e. The van der Waals surface area contributed by atoms with E-state index in [1.165, 1.54) is 20.1 Å². The van der Waals surface area contributed by atoms with Crippen LogP contribution in [0.3, 0.4) is 0 Å². The molecule has 0 radical (unpaired) electrons. The first-order chi connectivity index (χ1) is 8.93. The summed E-state index contributed by atoms with van der Waals surface area (Å²) in [5, 5.41) is 21.3. The SMILES string of the molecule is COC1(C)C(=O)NC(=O)N(C2C=CC(CO)O2)C1O. The van der Waals surface area contributed by atoms with Gasteiger partial charge in [0.05, 0.1) is 6.61 Å². The van der Waals surface area contributed by atoms with Gasteiger partial charge in [-0.05, 0) is 13.0 Å². The van der Waals surface area contributed by atoms with Gasteiger partial charge >= 0.3 is 6.03 Å². The lowest BCUT2D eigenvalue weighted by atomic mass is 10.00. The topological polar surface area (TPSA) is 108 Å². The minimum absolute atomic E-state index is 0.237. The van der Waals surface area contributed by atoms with Crippen LogP contribution in [0.25, 0.3) is 0 Å². The largest absolute Gasteiger partial charge is 0.393 e. The fourth-order valence-electron chi connectivity index (χ4n) is 1.98. The Kier molecular flexibility index (Phi) is 3.59. The van der Waals surface area contributed by atoms with E-state index in [9.17, 15) is 14.7 Å². The van der Waals surface area contributed by atoms with E-state index in [1.54, 1.807) is 6.08 Å². The van der Waals surface area contributed by atoms with E-state index >= 15 is 0 Å². The molecule has 0 aromatic heterocycles. The normalized spacial score (nSPS) is 38.7. The van der Waals surface area contributed by atoms with Crippen molar-refractivity contribution in [3.05, 3.63) is 12.2 Å². The molecule has 2 heterocycles. The molecule has 2 aliphatic rings. The fraction of sp³-hybridized carbons (Fsp3) is 0.636. The number of rotatable bonds is 3. The average Bonchev–Trinajstić information content (AvgIpc) is 2.84. The monoisotopic (exact) mass is 272 g/mol. The lowest BCUT2D eigenvalue weighted by molar-refractivity contribution is -0.197. The van der Waals surface area contributed by atoms with Crippen LogP contribution in [0, 0.1) is 0 Å². The predicted molar refractivity (Wildman–Crippen MR) is 61.7 cm³/mol. The fourth-order valence-corrected chi connectivity index (χ4v) is 1.98. The van der Waals surface area contributed by atoms with Crippen LogP contribution in [-0.4, -0.2) is 64.9 Å². The second-order valence-electron chi connectivity index (χ2n) is 4.48. The molecule has 8 nitrogen and oxygen atoms in total. The number of urea groups is 1. The van der Waals surface area contributed by atoms with Crippen LogP contribution in [0.4, 0.5) is 4.79 Å². The van der Waals surface area contributed by atoms with E-state index in [0.717, 1.165) is 4.90 Å². The Balaban J connectivity index is 2.23. The number of nitrogens with zero attached hydrogens (tertiary/aromatic N) is 1. The van der Waals surface area contributed by atoms with Crippen molar-refractivity contribution in [3.63, 3.8) is 0 Å². The number of ether oxygens (including phenoxy) is 2. The molecular weight excluding hydrogens is 256 g/mol. The number of imide groups is 1. The number of nitrogens with one attached hydrogen (secondary N) is 1. The zero-order valence-electron chi connectivity index (χ0n) is 10.6. The standard InChI is InChI=1S/C11H16N2O6/c1-11(18-2)8(15)12-10(17)13(9(11)16)7-4-3-6(5-14)19-7/h3-4,6-7,9,14,16H,5H2,1-2H3,(H,12,15,17). The van der Waals surface area contributed by atoms with Crippen LogP contribution in [-0.2, 0) is 14.3 Å². The van der Waals surface area contributed by atoms with Gasteiger partial charge in [0.15, 0.2) is 18.1 Å². The summed E-state index contributed by atoms with van der Waals surface area (Å²) in [6.45, 7) is 1.13. The van der Waals surface area contributed by atoms with Crippen LogP contribution < -0.4 is 5.32 Å². The highest BCUT2D eigenvalue weighted by Crippen LogP contribution is 2.27. The number of aliphatic hydroxyl groups excluding tert-OH is 2. The summed E-state index contributed by atoms with van der Waals surface area (Å²) in [5.74, 6) is -0.718. The van der Waals surface area contributed by atoms with Crippen molar-refractivity contribution in [2.45, 2.75) is 31.1 Å². The van der Waals surface area contributed by atoms with Gasteiger partial charge in [-0.2, -0.15) is 0 Å². The molecule has 0 aromatic rings. The van der Waals surface area contributed by atoms with Gasteiger partial charge in [0, 0.05) is 7.11 Å². The molecule has 0 bridgehead atoms. The zero-order chi connectivity index (χ0) is 14.2. The molecule has 19 heavy (non-hydrogen) atoms. The van der Waals surface area contributed by atoms with E-state index in [2.05, 4.69) is 5.32 Å². The summed E-state index contributed by atoms with van der Waals surface area (Å²) in [4.78, 5) is 24.5. The Hall–Kier alpha value is -1.48. The summed E-state index contributed by atoms with van der Waals surface area (Å²) in [5.41, 5.74) is -1.58. The van der Waals surface area contributed by atoms with Crippen molar-refractivity contribution < 1.29 is 29.3 Å². The van der Waals surface area contributed by atoms with Crippen LogP contribution in [0.1, 0.15) is 6.92 Å². The number of aliphatic hydroxyl groups is 2. The highest BCUT2D eigenvalue weighted by atomic mass is 16.5. The second kappa shape index (κ2) is 4.89. The molecule has 2 rings (SSSR count). The van der Waals surface area contributed by atoms with Gasteiger partial charge < -0.3 is 19.7 Å². The Labute approximate surface area is 109 Å². The maximum absolute atomic E-state index is 11.8. The molecule has 3 N–H and O–H groups in total. The highest BCUT2D eigenvalue weighted by molar-refractivity contribution is 6.01. The van der Waals surface area contributed by atoms with Crippen LogP contribution in [0.5, 0.6) is 0 Å². The number of amides is 3. The summed E-state index contributed by atoms with van der Waals surface area (Å²) in [7, 11) is 1.26. The van der Waals surface area contributed by atoms with E-state index in [0.29, 0.717) is 0 Å². The Morgan fingerprint density at radius 1 is 1.53 bits per heavy atom. The number of carbonyl (C=O) groups excluding carboxylic acids is 2. The Morgan fingerprint density at radius 2 is 2.21 bits per heavy atom. The molecule has 106 valence electrons. The zero-order valence-corrected chi connectivity index (χ0v) is 10.6. The van der Waals surface area contributed by atoms with Crippen molar-refractivity contribution >= 4 is 11.9 Å². The van der Waals surface area contributed by atoms with Crippen molar-refractivity contribution in [2.24, 2.45) is 0 Å². The Bertz CT molecular complexity index is 425. The average molecular weight is 272 g/mol. The van der Waals surface area contributed by atoms with E-state index in [-0.39, 0.29) is 6.61 Å². The number of carbonyl (C=O) groups is 2. The van der Waals surface area contributed by atoms with Crippen molar-refractivity contribution in [3.8, 4) is 0 Å². The van der Waals surface area contributed by atoms with Gasteiger partial charge in [0.1, 0.15) is 6.10 Å². The van der Waals surface area contributed by atoms with Crippen molar-refractivity contribution in [1.29, 1.82) is 0 Å². The van der Waals surface area contributed by atoms with Gasteiger partial charge in [-0.25, -0.2) is 4.79 Å². The molecular formula is C11H16N2O6. The summed E-state index contributed by atoms with van der Waals surface area (Å²) >= 11 is 0. The molecule has 8 heteroatoms. The lowest BCUT2D eigenvalue weighted by Gasteiger charge is -2.44. The third kappa shape index (κ3) is 2.12. The third-order valence-electron chi connectivity index (χ3n) is 3.34. The van der Waals surface area contributed by atoms with E-state index in [4.69, 9.17) is 14.6 Å². The molecule has 0 aromatic carbocycles. The molecule has 4 atom stereocenters. The molecule has 2 aliphatic heterocycles. The molecule has 3 amide bonds. The van der Waals surface area contributed by atoms with Gasteiger partial charge in [-0.1, -0.05) is 6.08 Å². The molecule has 0 spiro atoms. The van der Waals surface area contributed by atoms with Gasteiger partial charge in [0.2, 0.25) is 0 Å². The maximum atomic E-state index is 11.8. The number of hydrogen-bond acceptors (Lipinski definition) is 6. The van der Waals surface area contributed by atoms with Gasteiger partial charge in [0.25, 0.3) is 5.91 Å². The van der Waals surface area contributed by atoms with Crippen LogP contribution in [0.15, 0.2) is 12.2 Å². The number of methoxy groups -OCH3 is 1. The van der Waals surface area contributed by atoms with Gasteiger partial charge in [-0.15, -0.1) is 0 Å². The minimum atomic E-state index is -1.58. The van der Waals surface area contributed by atoms with Crippen molar-refractivity contribution in [1.82, 2.24) is 10.2 Å². The first kappa shape index (κ1) is 13.9. The molecule has 4 unspecified atom stereocenters. The molecule has 0 aliphatic carbocycles. The highest BCUT2D eigenvalue weighted by Gasteiger charge is 2.53. The Morgan fingerprint density at radius 3 is 2.74 bits per heavy atom. The molecule has 1 saturated heterocycles. The summed E-state index contributed by atoms with van der Waals surface area (Å²) < 4.78 is 10.4. The third-order valence-corrected chi connectivity index (χ3v) is 3.34. The summed E-state index contributed by atoms with van der Waals surface area (Å²) in [6.07, 6.45) is 0.192. The van der Waals surface area contributed by atoms with Crippen LogP contribution >= 0.6 is 0 Å². The van der Waals surface area contributed by atoms with Crippen molar-refractivity contribution in [2.75, 3.05) is 13.7 Å². The summed E-state index contributed by atoms with van der Waals surface area (Å²) in [6, 6.07) is -0.778. The maximum Gasteiger partial charge on any atom is 0.328 e. The van der Waals surface area contributed by atoms with Crippen LogP contribution in [0.2, 0.25) is 0 Å². The molecule has 0 saturated carbocycles. The van der Waals surface area contributed by atoms with Gasteiger partial charge in [-0.3, -0.25) is 15.0 Å². The molecule has 1 fully saturated rings. The smallest absolute Gasteiger partial charge is 0.328 e. The first-order valence-electron chi connectivity index (χ1n) is 5.75. The number of hydrogen-bond donors (Lipinski definition) is 3. The van der Waals surface area contributed by atoms with E-state index in [1.807, 2.05) is 0 Å².